The van der Waals surface area contributed by atoms with Crippen LogP contribution >= 0.6 is 12.6 Å². The average Bonchev–Trinajstić information content (AvgIpc) is 2.57. The molecule has 4 heteroatoms. The summed E-state index contributed by atoms with van der Waals surface area (Å²) in [5.74, 6) is 0.670. The summed E-state index contributed by atoms with van der Waals surface area (Å²) in [7, 11) is 0. The van der Waals surface area contributed by atoms with Crippen molar-refractivity contribution in [2.24, 2.45) is 5.41 Å². The van der Waals surface area contributed by atoms with Crippen LogP contribution in [0.2, 0.25) is 0 Å². The van der Waals surface area contributed by atoms with Crippen LogP contribution < -0.4 is 0 Å². The molecular formula is C9H16N2OS. The Labute approximate surface area is 84.2 Å². The number of thiol groups is 1. The third-order valence-corrected chi connectivity index (χ3v) is 3.07. The minimum Gasteiger partial charge on any atom is -0.391 e. The van der Waals surface area contributed by atoms with Crippen molar-refractivity contribution in [1.29, 1.82) is 0 Å². The average molecular weight is 200 g/mol. The van der Waals surface area contributed by atoms with Crippen molar-refractivity contribution < 1.29 is 5.11 Å². The monoisotopic (exact) mass is 200 g/mol. The van der Waals surface area contributed by atoms with Crippen molar-refractivity contribution in [3.8, 4) is 0 Å². The van der Waals surface area contributed by atoms with Crippen molar-refractivity contribution in [2.75, 3.05) is 5.75 Å². The molecule has 13 heavy (non-hydrogen) atoms. The highest BCUT2D eigenvalue weighted by molar-refractivity contribution is 7.80. The van der Waals surface area contributed by atoms with E-state index in [0.717, 1.165) is 0 Å². The molecule has 0 saturated heterocycles. The molecule has 0 aliphatic heterocycles. The summed E-state index contributed by atoms with van der Waals surface area (Å²) in [5.41, 5.74) is -0.159. The first-order valence-corrected chi connectivity index (χ1v) is 4.94. The Kier molecular flexibility index (Phi) is 3.39. The van der Waals surface area contributed by atoms with Crippen molar-refractivity contribution >= 4 is 12.6 Å². The molecule has 74 valence electrons. The predicted molar refractivity (Wildman–Crippen MR) is 55.9 cm³/mol. The molecule has 3 nitrogen and oxygen atoms in total. The van der Waals surface area contributed by atoms with Gasteiger partial charge in [-0.3, -0.25) is 0 Å². The van der Waals surface area contributed by atoms with Crippen molar-refractivity contribution in [3.05, 3.63) is 18.7 Å². The summed E-state index contributed by atoms with van der Waals surface area (Å²) in [4.78, 5) is 3.92. The predicted octanol–water partition coefficient (Wildman–Crippen LogP) is 1.20. The molecule has 1 aromatic rings. The van der Waals surface area contributed by atoms with Crippen LogP contribution in [-0.2, 0) is 6.54 Å². The van der Waals surface area contributed by atoms with Gasteiger partial charge in [0.15, 0.2) is 0 Å². The summed E-state index contributed by atoms with van der Waals surface area (Å²) in [5, 5.41) is 9.85. The lowest BCUT2D eigenvalue weighted by atomic mass is 9.89. The Bertz CT molecular complexity index is 246. The van der Waals surface area contributed by atoms with Crippen LogP contribution in [-0.4, -0.2) is 26.5 Å². The minimum absolute atomic E-state index is 0.159. The van der Waals surface area contributed by atoms with Gasteiger partial charge >= 0.3 is 0 Å². The van der Waals surface area contributed by atoms with Crippen LogP contribution in [0.1, 0.15) is 13.8 Å². The number of aromatic nitrogens is 2. The molecular weight excluding hydrogens is 184 g/mol. The highest BCUT2D eigenvalue weighted by Gasteiger charge is 2.26. The van der Waals surface area contributed by atoms with Gasteiger partial charge < -0.3 is 9.67 Å². The van der Waals surface area contributed by atoms with Gasteiger partial charge in [-0.25, -0.2) is 4.98 Å². The molecule has 0 spiro atoms. The van der Waals surface area contributed by atoms with Crippen molar-refractivity contribution in [1.82, 2.24) is 9.55 Å². The molecule has 1 aromatic heterocycles. The Morgan fingerprint density at radius 3 is 2.77 bits per heavy atom. The third-order valence-electron chi connectivity index (χ3n) is 2.25. The second-order valence-corrected chi connectivity index (χ2v) is 4.24. The normalized spacial score (nSPS) is 14.5. The molecule has 1 atom stereocenters. The van der Waals surface area contributed by atoms with Gasteiger partial charge in [-0.15, -0.1) is 0 Å². The Morgan fingerprint density at radius 1 is 1.62 bits per heavy atom. The highest BCUT2D eigenvalue weighted by Crippen LogP contribution is 2.23. The van der Waals surface area contributed by atoms with Gasteiger partial charge in [-0.1, -0.05) is 13.8 Å². The van der Waals surface area contributed by atoms with Gasteiger partial charge in [0.05, 0.1) is 19.0 Å². The van der Waals surface area contributed by atoms with Crippen LogP contribution in [0.5, 0.6) is 0 Å². The number of aliphatic hydroxyl groups excluding tert-OH is 1. The maximum atomic E-state index is 9.85. The van der Waals surface area contributed by atoms with E-state index in [9.17, 15) is 5.11 Å². The van der Waals surface area contributed by atoms with E-state index < -0.39 is 0 Å². The largest absolute Gasteiger partial charge is 0.391 e. The topological polar surface area (TPSA) is 38.0 Å². The van der Waals surface area contributed by atoms with E-state index in [2.05, 4.69) is 17.6 Å². The fourth-order valence-corrected chi connectivity index (χ4v) is 1.16. The fourth-order valence-electron chi connectivity index (χ4n) is 0.947. The molecule has 1 N–H and O–H groups in total. The fraction of sp³-hybridized carbons (Fsp3) is 0.667. The van der Waals surface area contributed by atoms with Crippen LogP contribution in [0.25, 0.3) is 0 Å². The number of hydrogen-bond acceptors (Lipinski definition) is 3. The first kappa shape index (κ1) is 10.6. The maximum Gasteiger partial charge on any atom is 0.0946 e. The number of nitrogens with zero attached hydrogens (tertiary/aromatic N) is 2. The summed E-state index contributed by atoms with van der Waals surface area (Å²) in [6.07, 6.45) is 4.87. The molecule has 0 saturated carbocycles. The van der Waals surface area contributed by atoms with E-state index in [1.165, 1.54) is 0 Å². The quantitative estimate of drug-likeness (QED) is 0.717. The lowest BCUT2D eigenvalue weighted by Crippen LogP contribution is -2.34. The summed E-state index contributed by atoms with van der Waals surface area (Å²) >= 11 is 4.21. The van der Waals surface area contributed by atoms with E-state index in [1.54, 1.807) is 12.5 Å². The molecule has 0 aromatic carbocycles. The van der Waals surface area contributed by atoms with Crippen LogP contribution in [0.4, 0.5) is 0 Å². The molecule has 0 aliphatic rings. The Morgan fingerprint density at radius 2 is 2.31 bits per heavy atom. The molecule has 0 amide bonds. The van der Waals surface area contributed by atoms with E-state index >= 15 is 0 Å². The first-order chi connectivity index (χ1) is 6.06. The van der Waals surface area contributed by atoms with Gasteiger partial charge in [0.1, 0.15) is 0 Å². The summed E-state index contributed by atoms with van der Waals surface area (Å²) in [6.45, 7) is 4.58. The van der Waals surface area contributed by atoms with Gasteiger partial charge in [-0.2, -0.15) is 12.6 Å². The van der Waals surface area contributed by atoms with Crippen LogP contribution in [0.3, 0.4) is 0 Å². The van der Waals surface area contributed by atoms with Gasteiger partial charge in [0, 0.05) is 17.8 Å². The molecule has 0 radical (unpaired) electrons. The summed E-state index contributed by atoms with van der Waals surface area (Å²) < 4.78 is 1.87. The smallest absolute Gasteiger partial charge is 0.0946 e. The van der Waals surface area contributed by atoms with Gasteiger partial charge in [-0.05, 0) is 5.75 Å². The zero-order valence-corrected chi connectivity index (χ0v) is 8.91. The molecule has 1 unspecified atom stereocenters. The third kappa shape index (κ3) is 2.74. The molecule has 1 heterocycles. The standard InChI is InChI=1S/C9H16N2OS/c1-9(2,6-13)8(12)5-11-4-3-10-7-11/h3-4,7-8,12-13H,5-6H2,1-2H3. The lowest BCUT2D eigenvalue weighted by molar-refractivity contribution is 0.0513. The van der Waals surface area contributed by atoms with Crippen LogP contribution in [0.15, 0.2) is 18.7 Å². The van der Waals surface area contributed by atoms with Gasteiger partial charge in [0.25, 0.3) is 0 Å². The Balaban J connectivity index is 2.55. The zero-order valence-electron chi connectivity index (χ0n) is 8.01. The number of hydrogen-bond donors (Lipinski definition) is 2. The number of rotatable bonds is 4. The lowest BCUT2D eigenvalue weighted by Gasteiger charge is -2.28. The highest BCUT2D eigenvalue weighted by atomic mass is 32.1. The zero-order chi connectivity index (χ0) is 9.90. The van der Waals surface area contributed by atoms with Gasteiger partial charge in [0.2, 0.25) is 0 Å². The number of imidazole rings is 1. The van der Waals surface area contributed by atoms with E-state index in [0.29, 0.717) is 12.3 Å². The second-order valence-electron chi connectivity index (χ2n) is 3.92. The maximum absolute atomic E-state index is 9.85. The van der Waals surface area contributed by atoms with E-state index in [-0.39, 0.29) is 11.5 Å². The SMILES string of the molecule is CC(C)(CS)C(O)Cn1ccnc1. The van der Waals surface area contributed by atoms with E-state index in [4.69, 9.17) is 0 Å². The molecule has 0 fully saturated rings. The second kappa shape index (κ2) is 4.15. The summed E-state index contributed by atoms with van der Waals surface area (Å²) in [6, 6.07) is 0. The molecule has 0 aliphatic carbocycles. The first-order valence-electron chi connectivity index (χ1n) is 4.31. The minimum atomic E-state index is -0.390. The molecule has 0 bridgehead atoms. The van der Waals surface area contributed by atoms with E-state index in [1.807, 2.05) is 24.6 Å². The molecule has 1 rings (SSSR count). The van der Waals surface area contributed by atoms with Crippen molar-refractivity contribution in [3.63, 3.8) is 0 Å². The number of aliphatic hydroxyl groups is 1. The van der Waals surface area contributed by atoms with Crippen LogP contribution in [0, 0.1) is 5.41 Å². The Hall–Kier alpha value is -0.480. The van der Waals surface area contributed by atoms with Crippen molar-refractivity contribution in [2.45, 2.75) is 26.5 Å².